The Morgan fingerprint density at radius 1 is 1.17 bits per heavy atom. The molecule has 1 heterocycles. The maximum atomic E-state index is 12.9. The van der Waals surface area contributed by atoms with E-state index in [0.717, 1.165) is 17.7 Å². The molecule has 2 aromatic carbocycles. The molecule has 3 aromatic rings. The number of fused-ring (bicyclic) bond motifs is 1. The second kappa shape index (κ2) is 5.49. The number of alkyl halides is 3. The molecule has 0 saturated heterocycles. The summed E-state index contributed by atoms with van der Waals surface area (Å²) in [5.74, 6) is 0.0924. The quantitative estimate of drug-likeness (QED) is 0.663. The van der Waals surface area contributed by atoms with Crippen LogP contribution in [0.25, 0.3) is 22.3 Å². The van der Waals surface area contributed by atoms with E-state index in [9.17, 15) is 18.0 Å². The Labute approximate surface area is 137 Å². The first-order valence-electron chi connectivity index (χ1n) is 6.64. The summed E-state index contributed by atoms with van der Waals surface area (Å²) in [6, 6.07) is 8.37. The zero-order valence-electron chi connectivity index (χ0n) is 11.8. The number of hydrogen-bond donors (Lipinski definition) is 1. The van der Waals surface area contributed by atoms with Crippen molar-refractivity contribution in [1.82, 2.24) is 9.97 Å². The van der Waals surface area contributed by atoms with Gasteiger partial charge in [-0.1, -0.05) is 28.1 Å². The van der Waals surface area contributed by atoms with Gasteiger partial charge in [0.2, 0.25) is 0 Å². The van der Waals surface area contributed by atoms with Gasteiger partial charge < -0.3 is 4.98 Å². The molecule has 1 aromatic heterocycles. The van der Waals surface area contributed by atoms with Gasteiger partial charge in [-0.3, -0.25) is 4.79 Å². The lowest BCUT2D eigenvalue weighted by atomic mass is 10.1. The first-order chi connectivity index (χ1) is 10.8. The van der Waals surface area contributed by atoms with Crippen molar-refractivity contribution in [2.75, 3.05) is 0 Å². The molecule has 0 spiro atoms. The van der Waals surface area contributed by atoms with Gasteiger partial charge in [-0.2, -0.15) is 13.2 Å². The van der Waals surface area contributed by atoms with Crippen LogP contribution >= 0.6 is 15.9 Å². The van der Waals surface area contributed by atoms with E-state index in [1.807, 2.05) is 0 Å². The average molecular weight is 383 g/mol. The van der Waals surface area contributed by atoms with E-state index in [0.29, 0.717) is 15.4 Å². The van der Waals surface area contributed by atoms with Crippen LogP contribution in [0.15, 0.2) is 45.7 Å². The van der Waals surface area contributed by atoms with E-state index in [1.165, 1.54) is 6.07 Å². The van der Waals surface area contributed by atoms with Crippen LogP contribution in [0.5, 0.6) is 0 Å². The lowest BCUT2D eigenvalue weighted by Crippen LogP contribution is -2.11. The molecular formula is C16H10BrF3N2O. The lowest BCUT2D eigenvalue weighted by molar-refractivity contribution is -0.137. The minimum absolute atomic E-state index is 0.0924. The predicted molar refractivity (Wildman–Crippen MR) is 85.2 cm³/mol. The Morgan fingerprint density at radius 2 is 1.91 bits per heavy atom. The van der Waals surface area contributed by atoms with Crippen LogP contribution in [-0.2, 0) is 6.18 Å². The number of para-hydroxylation sites is 1. The molecule has 3 rings (SSSR count). The fraction of sp³-hybridized carbons (Fsp3) is 0.125. The molecule has 0 unspecified atom stereocenters. The molecule has 0 radical (unpaired) electrons. The van der Waals surface area contributed by atoms with E-state index in [1.54, 1.807) is 25.1 Å². The van der Waals surface area contributed by atoms with E-state index in [4.69, 9.17) is 0 Å². The number of H-pyrrole nitrogens is 1. The molecule has 0 saturated carbocycles. The summed E-state index contributed by atoms with van der Waals surface area (Å²) in [5.41, 5.74) is 0.233. The summed E-state index contributed by atoms with van der Waals surface area (Å²) in [4.78, 5) is 19.1. The van der Waals surface area contributed by atoms with Gasteiger partial charge >= 0.3 is 6.18 Å². The van der Waals surface area contributed by atoms with Crippen molar-refractivity contribution in [3.8, 4) is 11.4 Å². The van der Waals surface area contributed by atoms with Crippen molar-refractivity contribution in [2.45, 2.75) is 13.1 Å². The molecule has 0 amide bonds. The van der Waals surface area contributed by atoms with E-state index in [-0.39, 0.29) is 11.4 Å². The van der Waals surface area contributed by atoms with Gasteiger partial charge in [-0.25, -0.2) is 4.98 Å². The Balaban J connectivity index is 2.29. The molecule has 0 aliphatic heterocycles. The third kappa shape index (κ3) is 2.88. The van der Waals surface area contributed by atoms with Crippen molar-refractivity contribution >= 4 is 26.8 Å². The number of halogens is 4. The van der Waals surface area contributed by atoms with Crippen LogP contribution in [0.1, 0.15) is 11.1 Å². The average Bonchev–Trinajstić information content (AvgIpc) is 2.47. The third-order valence-corrected chi connectivity index (χ3v) is 4.18. The molecule has 0 fully saturated rings. The molecule has 118 valence electrons. The first-order valence-corrected chi connectivity index (χ1v) is 7.43. The normalized spacial score (nSPS) is 11.9. The first kappa shape index (κ1) is 15.7. The Kier molecular flexibility index (Phi) is 3.75. The lowest BCUT2D eigenvalue weighted by Gasteiger charge is -2.11. The molecule has 23 heavy (non-hydrogen) atoms. The highest BCUT2D eigenvalue weighted by molar-refractivity contribution is 9.10. The number of nitrogens with zero attached hydrogens (tertiary/aromatic N) is 1. The van der Waals surface area contributed by atoms with Gasteiger partial charge in [0.15, 0.2) is 0 Å². The summed E-state index contributed by atoms with van der Waals surface area (Å²) in [6.45, 7) is 1.79. The molecular weight excluding hydrogens is 373 g/mol. The molecule has 0 aliphatic carbocycles. The van der Waals surface area contributed by atoms with Crippen molar-refractivity contribution in [2.24, 2.45) is 0 Å². The summed E-state index contributed by atoms with van der Waals surface area (Å²) in [7, 11) is 0. The highest BCUT2D eigenvalue weighted by Crippen LogP contribution is 2.35. The maximum absolute atomic E-state index is 12.9. The summed E-state index contributed by atoms with van der Waals surface area (Å²) >= 11 is 3.21. The van der Waals surface area contributed by atoms with Crippen LogP contribution in [0.3, 0.4) is 0 Å². The smallest absolute Gasteiger partial charge is 0.306 e. The molecule has 7 heteroatoms. The number of hydrogen-bond acceptors (Lipinski definition) is 2. The Morgan fingerprint density at radius 3 is 2.61 bits per heavy atom. The second-order valence-corrected chi connectivity index (χ2v) is 5.93. The predicted octanol–water partition coefficient (Wildman–Crippen LogP) is 4.68. The number of aryl methyl sites for hydroxylation is 1. The van der Waals surface area contributed by atoms with E-state index < -0.39 is 17.3 Å². The highest BCUT2D eigenvalue weighted by atomic mass is 79.9. The maximum Gasteiger partial charge on any atom is 0.416 e. The summed E-state index contributed by atoms with van der Waals surface area (Å²) in [6.07, 6.45) is -4.47. The van der Waals surface area contributed by atoms with Crippen LogP contribution in [0.4, 0.5) is 13.2 Å². The fourth-order valence-corrected chi connectivity index (χ4v) is 2.75. The molecule has 0 atom stereocenters. The van der Waals surface area contributed by atoms with Gasteiger partial charge in [0, 0.05) is 10.0 Å². The van der Waals surface area contributed by atoms with Gasteiger partial charge in [0.25, 0.3) is 5.56 Å². The topological polar surface area (TPSA) is 45.8 Å². The largest absolute Gasteiger partial charge is 0.416 e. The van der Waals surface area contributed by atoms with Gasteiger partial charge in [-0.05, 0) is 36.8 Å². The van der Waals surface area contributed by atoms with E-state index in [2.05, 4.69) is 25.9 Å². The van der Waals surface area contributed by atoms with Crippen molar-refractivity contribution in [3.05, 3.63) is 62.4 Å². The minimum atomic E-state index is -4.47. The zero-order valence-corrected chi connectivity index (χ0v) is 13.4. The number of benzene rings is 2. The van der Waals surface area contributed by atoms with Crippen LogP contribution in [-0.4, -0.2) is 9.97 Å². The number of nitrogens with one attached hydrogen (secondary N) is 1. The van der Waals surface area contributed by atoms with Crippen molar-refractivity contribution in [3.63, 3.8) is 0 Å². The Bertz CT molecular complexity index is 964. The van der Waals surface area contributed by atoms with E-state index >= 15 is 0 Å². The second-order valence-electron chi connectivity index (χ2n) is 5.08. The SMILES string of the molecule is Cc1cccc2c(=O)[nH]c(-c3cc(C(F)(F)F)ccc3Br)nc12. The van der Waals surface area contributed by atoms with Crippen LogP contribution < -0.4 is 5.56 Å². The van der Waals surface area contributed by atoms with Crippen LogP contribution in [0.2, 0.25) is 0 Å². The highest BCUT2D eigenvalue weighted by Gasteiger charge is 2.31. The fourth-order valence-electron chi connectivity index (χ4n) is 2.32. The molecule has 0 aliphatic rings. The van der Waals surface area contributed by atoms with Gasteiger partial charge in [0.1, 0.15) is 5.82 Å². The Hall–Kier alpha value is -2.15. The third-order valence-electron chi connectivity index (χ3n) is 3.49. The standard InChI is InChI=1S/C16H10BrF3N2O/c1-8-3-2-4-10-13(8)21-14(22-15(10)23)11-7-9(16(18,19)20)5-6-12(11)17/h2-7H,1H3,(H,21,22,23). The minimum Gasteiger partial charge on any atom is -0.306 e. The summed E-state index contributed by atoms with van der Waals surface area (Å²) < 4.78 is 39.1. The monoisotopic (exact) mass is 382 g/mol. The number of aromatic amines is 1. The van der Waals surface area contributed by atoms with Gasteiger partial charge in [0.05, 0.1) is 16.5 Å². The summed E-state index contributed by atoms with van der Waals surface area (Å²) in [5, 5.41) is 0.400. The molecule has 0 bridgehead atoms. The molecule has 1 N–H and O–H groups in total. The number of aromatic nitrogens is 2. The van der Waals surface area contributed by atoms with Crippen molar-refractivity contribution in [1.29, 1.82) is 0 Å². The molecule has 3 nitrogen and oxygen atoms in total. The van der Waals surface area contributed by atoms with Crippen LogP contribution in [0, 0.1) is 6.92 Å². The number of rotatable bonds is 1. The zero-order chi connectivity index (χ0) is 16.8. The van der Waals surface area contributed by atoms with Gasteiger partial charge in [-0.15, -0.1) is 0 Å². The van der Waals surface area contributed by atoms with Crippen molar-refractivity contribution < 1.29 is 13.2 Å².